The van der Waals surface area contributed by atoms with Crippen molar-refractivity contribution in [3.05, 3.63) is 0 Å². The van der Waals surface area contributed by atoms with Gasteiger partial charge in [-0.2, -0.15) is 0 Å². The summed E-state index contributed by atoms with van der Waals surface area (Å²) in [5, 5.41) is 75.0. The second-order valence-corrected chi connectivity index (χ2v) is 8.65. The van der Waals surface area contributed by atoms with E-state index in [2.05, 4.69) is 0 Å². The molecule has 0 aliphatic rings. The first-order chi connectivity index (χ1) is 19.5. The van der Waals surface area contributed by atoms with E-state index >= 15 is 0 Å². The molecule has 0 amide bonds. The standard InChI is InChI=1S/C22H32N2O18/c25-14(26)7-12(19(35)36)22(21(39)40,13(20(37)38)8-15(27)28)24(11-18(33)34)2-4-42-6-5-41-3-1-23(9-16(29)30)10-17(31)32/h12-13H,1-11H2,(H,25,26)(H,27,28)(H,29,30)(H,31,32)(H,33,34)(H,35,36)(H,37,38)(H,39,40). The number of carboxylic acid groups (broad SMARTS) is 8. The first kappa shape index (κ1) is 37.6. The minimum Gasteiger partial charge on any atom is -0.481 e. The van der Waals surface area contributed by atoms with E-state index in [1.807, 2.05) is 0 Å². The van der Waals surface area contributed by atoms with E-state index in [4.69, 9.17) is 19.7 Å². The topological polar surface area (TPSA) is 323 Å². The summed E-state index contributed by atoms with van der Waals surface area (Å²) in [6.07, 6.45) is -3.01. The van der Waals surface area contributed by atoms with E-state index in [9.17, 15) is 69.0 Å². The molecule has 238 valence electrons. The number of nitrogens with zero attached hydrogens (tertiary/aromatic N) is 2. The number of carbonyl (C=O) groups is 8. The average Bonchev–Trinajstić information content (AvgIpc) is 2.82. The Morgan fingerprint density at radius 2 is 0.905 bits per heavy atom. The van der Waals surface area contributed by atoms with Crippen LogP contribution in [0.1, 0.15) is 12.8 Å². The lowest BCUT2D eigenvalue weighted by atomic mass is 9.69. The molecule has 0 aliphatic carbocycles. The Morgan fingerprint density at radius 1 is 0.524 bits per heavy atom. The van der Waals surface area contributed by atoms with Crippen LogP contribution in [0.4, 0.5) is 0 Å². The second kappa shape index (κ2) is 18.1. The third-order valence-corrected chi connectivity index (χ3v) is 5.76. The van der Waals surface area contributed by atoms with E-state index in [-0.39, 0.29) is 26.4 Å². The van der Waals surface area contributed by atoms with Crippen LogP contribution in [0.3, 0.4) is 0 Å². The van der Waals surface area contributed by atoms with Crippen LogP contribution < -0.4 is 0 Å². The molecule has 0 aromatic rings. The number of hydrogen-bond donors (Lipinski definition) is 8. The van der Waals surface area contributed by atoms with Gasteiger partial charge in [0.05, 0.1) is 70.7 Å². The summed E-state index contributed by atoms with van der Waals surface area (Å²) in [6.45, 7) is -4.58. The van der Waals surface area contributed by atoms with Gasteiger partial charge in [0, 0.05) is 13.1 Å². The molecule has 0 saturated heterocycles. The van der Waals surface area contributed by atoms with E-state index in [1.165, 1.54) is 0 Å². The summed E-state index contributed by atoms with van der Waals surface area (Å²) in [6, 6.07) is 0. The van der Waals surface area contributed by atoms with Crippen molar-refractivity contribution in [2.75, 3.05) is 59.2 Å². The highest BCUT2D eigenvalue weighted by Crippen LogP contribution is 2.38. The molecule has 0 aromatic carbocycles. The van der Waals surface area contributed by atoms with E-state index in [1.54, 1.807) is 0 Å². The molecule has 8 N–H and O–H groups in total. The monoisotopic (exact) mass is 612 g/mol. The number of ether oxygens (including phenoxy) is 2. The van der Waals surface area contributed by atoms with Gasteiger partial charge in [-0.05, 0) is 0 Å². The number of hydrogen-bond acceptors (Lipinski definition) is 12. The normalized spacial score (nSPS) is 14.0. The van der Waals surface area contributed by atoms with Crippen molar-refractivity contribution in [1.29, 1.82) is 0 Å². The summed E-state index contributed by atoms with van der Waals surface area (Å²) in [7, 11) is 0. The average molecular weight is 612 g/mol. The van der Waals surface area contributed by atoms with Crippen LogP contribution in [0.15, 0.2) is 0 Å². The van der Waals surface area contributed by atoms with E-state index in [0.717, 1.165) is 4.90 Å². The van der Waals surface area contributed by atoms with Crippen molar-refractivity contribution in [2.24, 2.45) is 11.8 Å². The van der Waals surface area contributed by atoms with Gasteiger partial charge in [-0.15, -0.1) is 0 Å². The largest absolute Gasteiger partial charge is 0.481 e. The molecule has 0 radical (unpaired) electrons. The van der Waals surface area contributed by atoms with Crippen LogP contribution in [-0.2, 0) is 47.8 Å². The van der Waals surface area contributed by atoms with Gasteiger partial charge in [0.2, 0.25) is 0 Å². The molecule has 0 bridgehead atoms. The maximum absolute atomic E-state index is 12.6. The first-order valence-corrected chi connectivity index (χ1v) is 11.9. The van der Waals surface area contributed by atoms with Crippen molar-refractivity contribution >= 4 is 47.8 Å². The van der Waals surface area contributed by atoms with Gasteiger partial charge in [-0.1, -0.05) is 0 Å². The third kappa shape index (κ3) is 12.4. The van der Waals surface area contributed by atoms with Crippen molar-refractivity contribution in [3.8, 4) is 0 Å². The van der Waals surface area contributed by atoms with Crippen molar-refractivity contribution < 1.29 is 88.7 Å². The molecule has 0 fully saturated rings. The van der Waals surface area contributed by atoms with Gasteiger partial charge in [0.1, 0.15) is 5.54 Å². The number of aliphatic carboxylic acids is 8. The Hall–Kier alpha value is -4.40. The predicted molar refractivity (Wildman–Crippen MR) is 130 cm³/mol. The Balaban J connectivity index is 5.90. The Kier molecular flexibility index (Phi) is 16.2. The zero-order valence-electron chi connectivity index (χ0n) is 22.0. The summed E-state index contributed by atoms with van der Waals surface area (Å²) in [5.74, 6) is -19.9. The lowest BCUT2D eigenvalue weighted by molar-refractivity contribution is -0.184. The van der Waals surface area contributed by atoms with Crippen molar-refractivity contribution in [1.82, 2.24) is 9.80 Å². The zero-order chi connectivity index (χ0) is 32.6. The minimum atomic E-state index is -3.38. The van der Waals surface area contributed by atoms with Crippen LogP contribution in [0, 0.1) is 11.8 Å². The molecule has 0 rings (SSSR count). The molecule has 2 unspecified atom stereocenters. The minimum absolute atomic E-state index is 0.0908. The van der Waals surface area contributed by atoms with Gasteiger partial charge in [0.15, 0.2) is 0 Å². The summed E-state index contributed by atoms with van der Waals surface area (Å²) in [4.78, 5) is 94.2. The molecule has 0 aliphatic heterocycles. The SMILES string of the molecule is O=C(O)CC(C(=O)O)C(C(=O)O)(C(CC(=O)O)C(=O)O)N(CCOCCOCCN(CC(=O)O)CC(=O)O)CC(=O)O. The Bertz CT molecular complexity index is 963. The predicted octanol–water partition coefficient (Wildman–Crippen LogP) is -2.95. The second-order valence-electron chi connectivity index (χ2n) is 8.65. The fourth-order valence-corrected chi connectivity index (χ4v) is 4.17. The highest BCUT2D eigenvalue weighted by molar-refractivity contribution is 5.95. The zero-order valence-corrected chi connectivity index (χ0v) is 22.0. The summed E-state index contributed by atoms with van der Waals surface area (Å²) in [5.41, 5.74) is -3.38. The first-order valence-electron chi connectivity index (χ1n) is 11.9. The Morgan fingerprint density at radius 3 is 1.21 bits per heavy atom. The molecular weight excluding hydrogens is 580 g/mol. The fourth-order valence-electron chi connectivity index (χ4n) is 4.17. The molecule has 20 heteroatoms. The molecular formula is C22H32N2O18. The molecule has 0 spiro atoms. The van der Waals surface area contributed by atoms with Crippen LogP contribution in [0.25, 0.3) is 0 Å². The lowest BCUT2D eigenvalue weighted by Gasteiger charge is -2.46. The van der Waals surface area contributed by atoms with E-state index in [0.29, 0.717) is 4.90 Å². The van der Waals surface area contributed by atoms with Crippen LogP contribution in [0.2, 0.25) is 0 Å². The summed E-state index contributed by atoms with van der Waals surface area (Å²) >= 11 is 0. The number of carboxylic acids is 8. The third-order valence-electron chi connectivity index (χ3n) is 5.76. The van der Waals surface area contributed by atoms with Crippen LogP contribution in [-0.4, -0.2) is 163 Å². The molecule has 0 saturated carbocycles. The quantitative estimate of drug-likeness (QED) is 0.0477. The summed E-state index contributed by atoms with van der Waals surface area (Å²) < 4.78 is 10.4. The maximum atomic E-state index is 12.6. The lowest BCUT2D eigenvalue weighted by Crippen LogP contribution is -2.69. The molecule has 0 heterocycles. The highest BCUT2D eigenvalue weighted by Gasteiger charge is 2.62. The fraction of sp³-hybridized carbons (Fsp3) is 0.636. The van der Waals surface area contributed by atoms with Crippen molar-refractivity contribution in [2.45, 2.75) is 18.4 Å². The molecule has 20 nitrogen and oxygen atoms in total. The van der Waals surface area contributed by atoms with Gasteiger partial charge in [0.25, 0.3) is 0 Å². The van der Waals surface area contributed by atoms with Gasteiger partial charge in [-0.25, -0.2) is 0 Å². The van der Waals surface area contributed by atoms with Crippen molar-refractivity contribution in [3.63, 3.8) is 0 Å². The molecule has 42 heavy (non-hydrogen) atoms. The maximum Gasteiger partial charge on any atom is 0.325 e. The van der Waals surface area contributed by atoms with Gasteiger partial charge < -0.3 is 50.3 Å². The van der Waals surface area contributed by atoms with E-state index < -0.39 is 111 Å². The molecule has 2 atom stereocenters. The van der Waals surface area contributed by atoms with Crippen LogP contribution >= 0.6 is 0 Å². The van der Waals surface area contributed by atoms with Gasteiger partial charge >= 0.3 is 47.8 Å². The Labute approximate surface area is 236 Å². The molecule has 0 aromatic heterocycles. The number of rotatable bonds is 25. The highest BCUT2D eigenvalue weighted by atomic mass is 16.5. The smallest absolute Gasteiger partial charge is 0.325 e. The van der Waals surface area contributed by atoms with Crippen LogP contribution in [0.5, 0.6) is 0 Å². The van der Waals surface area contributed by atoms with Gasteiger partial charge in [-0.3, -0.25) is 48.2 Å².